The van der Waals surface area contributed by atoms with Crippen molar-refractivity contribution in [3.8, 4) is 17.2 Å². The number of carbonyl (C=O) groups is 2. The summed E-state index contributed by atoms with van der Waals surface area (Å²) in [7, 11) is 4.04. The minimum absolute atomic E-state index is 0.0249. The number of fused-ring (bicyclic) bond motifs is 2. The number of amides is 2. The second-order valence-corrected chi connectivity index (χ2v) is 13.5. The summed E-state index contributed by atoms with van der Waals surface area (Å²) < 4.78 is 14.7. The molecule has 0 bridgehead atoms. The number of anilines is 1. The molecule has 5 aromatic rings. The van der Waals surface area contributed by atoms with Gasteiger partial charge in [-0.15, -0.1) is 0 Å². The van der Waals surface area contributed by atoms with Crippen molar-refractivity contribution < 1.29 is 24.2 Å². The molecule has 0 saturated heterocycles. The van der Waals surface area contributed by atoms with Crippen LogP contribution in [-0.4, -0.2) is 70.2 Å². The predicted octanol–water partition coefficient (Wildman–Crippen LogP) is 6.43. The van der Waals surface area contributed by atoms with Gasteiger partial charge in [0, 0.05) is 61.0 Å². The van der Waals surface area contributed by atoms with Crippen molar-refractivity contribution in [2.24, 2.45) is 13.0 Å². The van der Waals surface area contributed by atoms with Gasteiger partial charge in [-0.3, -0.25) is 14.5 Å². The van der Waals surface area contributed by atoms with E-state index in [1.807, 2.05) is 110 Å². The fourth-order valence-electron chi connectivity index (χ4n) is 6.64. The smallest absolute Gasteiger partial charge is 0.228 e. The number of aliphatic hydroxyl groups excluding tert-OH is 1. The minimum Gasteiger partial charge on any atom is -0.488 e. The van der Waals surface area contributed by atoms with Crippen LogP contribution in [0.3, 0.4) is 0 Å². The molecule has 9 nitrogen and oxygen atoms in total. The molecule has 1 aromatic heterocycles. The second-order valence-electron chi connectivity index (χ2n) is 13.5. The molecular weight excluding hydrogens is 628 g/mol. The number of aromatic nitrogens is 1. The largest absolute Gasteiger partial charge is 0.488 e. The summed E-state index contributed by atoms with van der Waals surface area (Å²) in [4.78, 5) is 30.9. The van der Waals surface area contributed by atoms with Crippen molar-refractivity contribution in [3.05, 3.63) is 120 Å². The van der Waals surface area contributed by atoms with Gasteiger partial charge >= 0.3 is 0 Å². The highest BCUT2D eigenvalue weighted by atomic mass is 16.5. The molecule has 2 heterocycles. The summed E-state index contributed by atoms with van der Waals surface area (Å²) >= 11 is 0. The Bertz CT molecular complexity index is 1920. The molecule has 6 rings (SSSR count). The number of nitrogens with zero attached hydrogens (tertiary/aromatic N) is 3. The van der Waals surface area contributed by atoms with Gasteiger partial charge in [0.25, 0.3) is 0 Å². The van der Waals surface area contributed by atoms with E-state index in [9.17, 15) is 14.7 Å². The lowest BCUT2D eigenvalue weighted by Crippen LogP contribution is -2.47. The van der Waals surface area contributed by atoms with Crippen molar-refractivity contribution >= 4 is 28.4 Å². The highest BCUT2D eigenvalue weighted by Crippen LogP contribution is 2.30. The Balaban J connectivity index is 1.17. The van der Waals surface area contributed by atoms with Crippen LogP contribution >= 0.6 is 0 Å². The molecule has 0 fully saturated rings. The first-order valence-electron chi connectivity index (χ1n) is 17.2. The van der Waals surface area contributed by atoms with E-state index in [0.29, 0.717) is 36.6 Å². The van der Waals surface area contributed by atoms with Crippen LogP contribution in [0, 0.1) is 5.92 Å². The fraction of sp³-hybridized carbons (Fsp3) is 0.317. The average molecular weight is 675 g/mol. The summed E-state index contributed by atoms with van der Waals surface area (Å²) in [5, 5.41) is 14.1. The van der Waals surface area contributed by atoms with Crippen LogP contribution in [-0.2, 0) is 36.0 Å². The fourth-order valence-corrected chi connectivity index (χ4v) is 6.64. The molecule has 0 saturated carbocycles. The van der Waals surface area contributed by atoms with Crippen LogP contribution in [0.4, 0.5) is 5.69 Å². The lowest BCUT2D eigenvalue weighted by Gasteiger charge is -2.34. The number of benzene rings is 4. The number of likely N-dealkylation sites (N-methyl/N-ethyl adjacent to an activating group) is 1. The first-order chi connectivity index (χ1) is 24.2. The number of para-hydroxylation sites is 2. The van der Waals surface area contributed by atoms with Crippen LogP contribution in [0.25, 0.3) is 10.9 Å². The topological polar surface area (TPSA) is 96.3 Å². The average Bonchev–Trinajstić information content (AvgIpc) is 3.44. The highest BCUT2D eigenvalue weighted by Gasteiger charge is 2.31. The van der Waals surface area contributed by atoms with Crippen LogP contribution in [0.5, 0.6) is 17.2 Å². The predicted molar refractivity (Wildman–Crippen MR) is 197 cm³/mol. The number of carbonyl (C=O) groups excluding carboxylic acids is 2. The van der Waals surface area contributed by atoms with E-state index in [4.69, 9.17) is 9.47 Å². The SMILES string of the molecule is C[C@H]1CN([C@@H](C)CO)C(=O)Cc2cc(NC(=O)Cc3cn(C)c4ccccc34)ccc2O[C@@H]1CN(C)Cc1ccc(Oc2ccccc2)cc1. The Hall–Kier alpha value is -5.12. The van der Waals surface area contributed by atoms with Gasteiger partial charge in [0.2, 0.25) is 11.8 Å². The van der Waals surface area contributed by atoms with Gasteiger partial charge in [-0.25, -0.2) is 0 Å². The normalized spacial score (nSPS) is 17.0. The molecule has 50 heavy (non-hydrogen) atoms. The molecule has 2 N–H and O–H groups in total. The third kappa shape index (κ3) is 8.35. The molecule has 1 aliphatic heterocycles. The maximum absolute atomic E-state index is 13.7. The van der Waals surface area contributed by atoms with E-state index in [1.165, 1.54) is 0 Å². The number of hydrogen-bond donors (Lipinski definition) is 2. The lowest BCUT2D eigenvalue weighted by atomic mass is 10.0. The Morgan fingerprint density at radius 2 is 1.74 bits per heavy atom. The van der Waals surface area contributed by atoms with Crippen molar-refractivity contribution in [2.45, 2.75) is 45.4 Å². The molecule has 2 amide bonds. The van der Waals surface area contributed by atoms with Crippen molar-refractivity contribution in [1.29, 1.82) is 0 Å². The zero-order chi connectivity index (χ0) is 35.2. The monoisotopic (exact) mass is 674 g/mol. The maximum Gasteiger partial charge on any atom is 0.228 e. The van der Waals surface area contributed by atoms with Gasteiger partial charge in [-0.2, -0.15) is 0 Å². The summed E-state index contributed by atoms with van der Waals surface area (Å²) in [5.41, 5.74) is 4.47. The Labute approximate surface area is 294 Å². The Kier molecular flexibility index (Phi) is 10.8. The number of ether oxygens (including phenoxy) is 2. The first kappa shape index (κ1) is 34.7. The molecule has 9 heteroatoms. The minimum atomic E-state index is -0.343. The number of nitrogens with one attached hydrogen (secondary N) is 1. The summed E-state index contributed by atoms with van der Waals surface area (Å²) in [5.74, 6) is 1.94. The van der Waals surface area contributed by atoms with Crippen molar-refractivity contribution in [1.82, 2.24) is 14.4 Å². The Morgan fingerprint density at radius 1 is 1.02 bits per heavy atom. The van der Waals surface area contributed by atoms with Gasteiger partial charge in [-0.05, 0) is 73.6 Å². The zero-order valence-corrected chi connectivity index (χ0v) is 29.2. The molecule has 0 spiro atoms. The summed E-state index contributed by atoms with van der Waals surface area (Å²) in [6, 6.07) is 31.0. The number of rotatable bonds is 11. The summed E-state index contributed by atoms with van der Waals surface area (Å²) in [6.45, 7) is 5.58. The molecule has 1 aliphatic rings. The van der Waals surface area contributed by atoms with Gasteiger partial charge in [-0.1, -0.05) is 55.5 Å². The molecule has 0 unspecified atom stereocenters. The van der Waals surface area contributed by atoms with Gasteiger partial charge in [0.1, 0.15) is 23.4 Å². The van der Waals surface area contributed by atoms with Crippen LogP contribution in [0.15, 0.2) is 103 Å². The van der Waals surface area contributed by atoms with E-state index in [2.05, 4.69) is 36.3 Å². The highest BCUT2D eigenvalue weighted by molar-refractivity contribution is 5.96. The zero-order valence-electron chi connectivity index (χ0n) is 29.2. The second kappa shape index (κ2) is 15.6. The first-order valence-corrected chi connectivity index (χ1v) is 17.2. The van der Waals surface area contributed by atoms with E-state index < -0.39 is 0 Å². The number of aliphatic hydroxyl groups is 1. The van der Waals surface area contributed by atoms with Gasteiger partial charge in [0.15, 0.2) is 0 Å². The maximum atomic E-state index is 13.7. The molecule has 0 radical (unpaired) electrons. The molecule has 3 atom stereocenters. The van der Waals surface area contributed by atoms with Crippen molar-refractivity contribution in [3.63, 3.8) is 0 Å². The molecular formula is C41H46N4O5. The van der Waals surface area contributed by atoms with E-state index in [-0.39, 0.29) is 49.3 Å². The van der Waals surface area contributed by atoms with E-state index >= 15 is 0 Å². The van der Waals surface area contributed by atoms with E-state index in [0.717, 1.165) is 33.5 Å². The van der Waals surface area contributed by atoms with E-state index in [1.54, 1.807) is 4.90 Å². The molecule has 260 valence electrons. The van der Waals surface area contributed by atoms with Gasteiger partial charge in [0.05, 0.1) is 25.5 Å². The van der Waals surface area contributed by atoms with Crippen LogP contribution < -0.4 is 14.8 Å². The molecule has 0 aliphatic carbocycles. The lowest BCUT2D eigenvalue weighted by molar-refractivity contribution is -0.134. The molecule has 4 aromatic carbocycles. The van der Waals surface area contributed by atoms with Crippen molar-refractivity contribution in [2.75, 3.05) is 32.1 Å². The standard InChI is InChI=1S/C41H46N4O5/c1-28-23-45(29(2)27-46)41(48)22-31-20-33(42-40(47)21-32-25-44(4)37-13-9-8-12-36(32)37)16-19-38(31)50-39(28)26-43(3)24-30-14-17-35(18-15-30)49-34-10-6-5-7-11-34/h5-20,25,28-29,39,46H,21-24,26-27H2,1-4H3,(H,42,47)/t28-,29-,39+/m0/s1. The van der Waals surface area contributed by atoms with Crippen LogP contribution in [0.2, 0.25) is 0 Å². The number of aryl methyl sites for hydroxylation is 1. The Morgan fingerprint density at radius 3 is 2.50 bits per heavy atom. The quantitative estimate of drug-likeness (QED) is 0.168. The third-order valence-electron chi connectivity index (χ3n) is 9.38. The van der Waals surface area contributed by atoms with Gasteiger partial charge < -0.3 is 29.4 Å². The number of hydrogen-bond acceptors (Lipinski definition) is 6. The summed E-state index contributed by atoms with van der Waals surface area (Å²) in [6.07, 6.45) is 2.07. The third-order valence-corrected chi connectivity index (χ3v) is 9.38. The van der Waals surface area contributed by atoms with Crippen LogP contribution in [0.1, 0.15) is 30.5 Å².